The molecule has 3 rings (SSSR count). The summed E-state index contributed by atoms with van der Waals surface area (Å²) >= 11 is 0. The van der Waals surface area contributed by atoms with Crippen molar-refractivity contribution in [2.75, 3.05) is 14.1 Å². The molecule has 0 aliphatic carbocycles. The van der Waals surface area contributed by atoms with Crippen molar-refractivity contribution in [3.8, 4) is 0 Å². The van der Waals surface area contributed by atoms with Gasteiger partial charge in [-0.3, -0.25) is 9.69 Å². The number of fused-ring (bicyclic) bond motifs is 2. The first-order chi connectivity index (χ1) is 10.6. The molecule has 2 aliphatic heterocycles. The Bertz CT molecular complexity index is 560. The molecular weight excluding hydrogens is 280 g/mol. The predicted molar refractivity (Wildman–Crippen MR) is 82.4 cm³/mol. The molecule has 0 aromatic heterocycles. The minimum atomic E-state index is -0.346. The first-order valence-corrected chi connectivity index (χ1v) is 7.81. The number of rotatable bonds is 3. The number of ether oxygens (including phenoxy) is 1. The molecule has 2 heterocycles. The summed E-state index contributed by atoms with van der Waals surface area (Å²) in [6, 6.07) is 9.52. The third kappa shape index (κ3) is 2.61. The smallest absolute Gasteiger partial charge is 0.338 e. The van der Waals surface area contributed by atoms with E-state index in [-0.39, 0.29) is 29.9 Å². The van der Waals surface area contributed by atoms with E-state index in [0.29, 0.717) is 11.6 Å². The van der Waals surface area contributed by atoms with E-state index < -0.39 is 0 Å². The van der Waals surface area contributed by atoms with Crippen LogP contribution in [0.15, 0.2) is 30.3 Å². The van der Waals surface area contributed by atoms with Gasteiger partial charge in [-0.05, 0) is 32.0 Å². The maximum Gasteiger partial charge on any atom is 0.338 e. The van der Waals surface area contributed by atoms with E-state index in [0.717, 1.165) is 19.3 Å². The van der Waals surface area contributed by atoms with Crippen LogP contribution >= 0.6 is 0 Å². The van der Waals surface area contributed by atoms with E-state index in [4.69, 9.17) is 4.74 Å². The second-order valence-electron chi connectivity index (χ2n) is 6.15. The van der Waals surface area contributed by atoms with Crippen molar-refractivity contribution < 1.29 is 14.3 Å². The Kier molecular flexibility index (Phi) is 4.16. The molecule has 5 nitrogen and oxygen atoms in total. The van der Waals surface area contributed by atoms with Crippen molar-refractivity contribution in [3.05, 3.63) is 35.9 Å². The van der Waals surface area contributed by atoms with Crippen LogP contribution in [0.2, 0.25) is 0 Å². The molecule has 1 aromatic carbocycles. The Morgan fingerprint density at radius 3 is 2.64 bits per heavy atom. The van der Waals surface area contributed by atoms with Crippen LogP contribution in [0.5, 0.6) is 0 Å². The van der Waals surface area contributed by atoms with Gasteiger partial charge in [0.2, 0.25) is 5.91 Å². The van der Waals surface area contributed by atoms with Gasteiger partial charge in [-0.2, -0.15) is 0 Å². The van der Waals surface area contributed by atoms with Crippen LogP contribution in [0.1, 0.15) is 29.6 Å². The van der Waals surface area contributed by atoms with Crippen LogP contribution in [0.3, 0.4) is 0 Å². The molecule has 0 saturated carbocycles. The van der Waals surface area contributed by atoms with E-state index in [2.05, 4.69) is 17.3 Å². The number of hydrogen-bond acceptors (Lipinski definition) is 4. The summed E-state index contributed by atoms with van der Waals surface area (Å²) in [7, 11) is 3.70. The van der Waals surface area contributed by atoms with Gasteiger partial charge in [-0.1, -0.05) is 18.2 Å². The summed E-state index contributed by atoms with van der Waals surface area (Å²) in [4.78, 5) is 26.9. The number of carbonyl (C=O) groups excluding carboxylic acids is 2. The Balaban J connectivity index is 1.79. The number of esters is 1. The Labute approximate surface area is 130 Å². The van der Waals surface area contributed by atoms with Crippen molar-refractivity contribution in [3.63, 3.8) is 0 Å². The fraction of sp³-hybridized carbons (Fsp3) is 0.529. The fourth-order valence-corrected chi connectivity index (χ4v) is 3.83. The van der Waals surface area contributed by atoms with Crippen LogP contribution < -0.4 is 5.32 Å². The third-order valence-electron chi connectivity index (χ3n) is 5.03. The van der Waals surface area contributed by atoms with E-state index >= 15 is 0 Å². The minimum absolute atomic E-state index is 0.0388. The average molecular weight is 302 g/mol. The molecule has 22 heavy (non-hydrogen) atoms. The lowest BCUT2D eigenvalue weighted by Crippen LogP contribution is -2.55. The highest BCUT2D eigenvalue weighted by Gasteiger charge is 2.50. The highest BCUT2D eigenvalue weighted by molar-refractivity contribution is 5.90. The first kappa shape index (κ1) is 15.0. The van der Waals surface area contributed by atoms with Gasteiger partial charge in [0.25, 0.3) is 0 Å². The zero-order valence-corrected chi connectivity index (χ0v) is 13.0. The number of benzene rings is 1. The molecule has 0 spiro atoms. The Hall–Kier alpha value is -1.88. The lowest BCUT2D eigenvalue weighted by Gasteiger charge is -2.41. The largest absolute Gasteiger partial charge is 0.458 e. The van der Waals surface area contributed by atoms with Crippen molar-refractivity contribution >= 4 is 11.9 Å². The number of piperidine rings is 1. The topological polar surface area (TPSA) is 58.6 Å². The zero-order valence-electron chi connectivity index (χ0n) is 13.0. The standard InChI is InChI=1S/C17H22N2O3/c1-18-16(20)15-13-9-8-12(19(13)2)10-14(15)22-17(21)11-6-4-3-5-7-11/h3-7,12-15H,8-10H2,1-2H3,(H,18,20)/t12?,13?,14-,15+/m0/s1. The van der Waals surface area contributed by atoms with Crippen LogP contribution in [-0.4, -0.2) is 49.1 Å². The van der Waals surface area contributed by atoms with E-state index in [1.54, 1.807) is 19.2 Å². The molecule has 2 bridgehead atoms. The van der Waals surface area contributed by atoms with E-state index in [1.165, 1.54) is 0 Å². The molecular formula is C17H22N2O3. The fourth-order valence-electron chi connectivity index (χ4n) is 3.83. The molecule has 118 valence electrons. The molecule has 2 saturated heterocycles. The maximum atomic E-state index is 12.3. The number of carbonyl (C=O) groups is 2. The number of amides is 1. The van der Waals surface area contributed by atoms with Crippen LogP contribution in [0.25, 0.3) is 0 Å². The molecule has 1 amide bonds. The lowest BCUT2D eigenvalue weighted by atomic mass is 9.86. The van der Waals surface area contributed by atoms with Crippen molar-refractivity contribution in [1.82, 2.24) is 10.2 Å². The van der Waals surface area contributed by atoms with Gasteiger partial charge in [0.15, 0.2) is 0 Å². The van der Waals surface area contributed by atoms with Crippen LogP contribution in [-0.2, 0) is 9.53 Å². The maximum absolute atomic E-state index is 12.3. The molecule has 1 N–H and O–H groups in total. The summed E-state index contributed by atoms with van der Waals surface area (Å²) in [5.41, 5.74) is 0.532. The lowest BCUT2D eigenvalue weighted by molar-refractivity contribution is -0.134. The zero-order chi connectivity index (χ0) is 15.7. The molecule has 4 atom stereocenters. The highest BCUT2D eigenvalue weighted by atomic mass is 16.5. The van der Waals surface area contributed by atoms with Gasteiger partial charge < -0.3 is 10.1 Å². The van der Waals surface area contributed by atoms with Gasteiger partial charge >= 0.3 is 5.97 Å². The van der Waals surface area contributed by atoms with Crippen molar-refractivity contribution in [2.45, 2.75) is 37.5 Å². The quantitative estimate of drug-likeness (QED) is 0.859. The average Bonchev–Trinajstić information content (AvgIpc) is 2.78. The second kappa shape index (κ2) is 6.08. The summed E-state index contributed by atoms with van der Waals surface area (Å²) in [5.74, 6) is -0.673. The van der Waals surface area contributed by atoms with Crippen molar-refractivity contribution in [2.24, 2.45) is 5.92 Å². The van der Waals surface area contributed by atoms with E-state index in [1.807, 2.05) is 18.2 Å². The number of nitrogens with zero attached hydrogens (tertiary/aromatic N) is 1. The van der Waals surface area contributed by atoms with Gasteiger partial charge in [0.1, 0.15) is 6.10 Å². The predicted octanol–water partition coefficient (Wildman–Crippen LogP) is 1.44. The van der Waals surface area contributed by atoms with Crippen molar-refractivity contribution in [1.29, 1.82) is 0 Å². The van der Waals surface area contributed by atoms with Gasteiger partial charge in [0.05, 0.1) is 11.5 Å². The molecule has 0 radical (unpaired) electrons. The van der Waals surface area contributed by atoms with Gasteiger partial charge in [0, 0.05) is 25.6 Å². The van der Waals surface area contributed by atoms with Crippen LogP contribution in [0.4, 0.5) is 0 Å². The first-order valence-electron chi connectivity index (χ1n) is 7.81. The molecule has 2 unspecified atom stereocenters. The molecule has 2 aliphatic rings. The third-order valence-corrected chi connectivity index (χ3v) is 5.03. The monoisotopic (exact) mass is 302 g/mol. The SMILES string of the molecule is CNC(=O)[C@@H]1C2CCC(C[C@@H]1OC(=O)c1ccccc1)N2C. The molecule has 2 fully saturated rings. The molecule has 5 heteroatoms. The summed E-state index contributed by atoms with van der Waals surface area (Å²) in [5, 5.41) is 2.72. The van der Waals surface area contributed by atoms with Crippen LogP contribution in [0, 0.1) is 5.92 Å². The number of nitrogens with one attached hydrogen (secondary N) is 1. The summed E-state index contributed by atoms with van der Waals surface area (Å²) in [6.45, 7) is 0. The number of hydrogen-bond donors (Lipinski definition) is 1. The second-order valence-corrected chi connectivity index (χ2v) is 6.15. The Morgan fingerprint density at radius 2 is 1.95 bits per heavy atom. The van der Waals surface area contributed by atoms with E-state index in [9.17, 15) is 9.59 Å². The Morgan fingerprint density at radius 1 is 1.23 bits per heavy atom. The summed E-state index contributed by atoms with van der Waals surface area (Å²) < 4.78 is 5.72. The van der Waals surface area contributed by atoms with Gasteiger partial charge in [-0.15, -0.1) is 0 Å². The molecule has 1 aromatic rings. The minimum Gasteiger partial charge on any atom is -0.458 e. The normalized spacial score (nSPS) is 30.8. The van der Waals surface area contributed by atoms with Gasteiger partial charge in [-0.25, -0.2) is 4.79 Å². The highest BCUT2D eigenvalue weighted by Crippen LogP contribution is 2.39. The summed E-state index contributed by atoms with van der Waals surface area (Å²) in [6.07, 6.45) is 2.43.